The number of unbranched alkanes of at least 4 members (excludes halogenated alkanes) is 28. The summed E-state index contributed by atoms with van der Waals surface area (Å²) in [5.41, 5.74) is 1.41. The smallest absolute Gasteiger partial charge is 0.224 e. The molecule has 265 valence electrons. The van der Waals surface area contributed by atoms with Gasteiger partial charge in [0.25, 0.3) is 0 Å². The molecule has 0 aliphatic rings. The average molecular weight is 640 g/mol. The van der Waals surface area contributed by atoms with E-state index in [9.17, 15) is 9.59 Å². The van der Waals surface area contributed by atoms with E-state index in [2.05, 4.69) is 30.5 Å². The van der Waals surface area contributed by atoms with Crippen LogP contribution in [0, 0.1) is 6.07 Å². The first-order chi connectivity index (χ1) is 22.7. The second-order valence-corrected chi connectivity index (χ2v) is 14.0. The van der Waals surface area contributed by atoms with Crippen molar-refractivity contribution >= 4 is 23.2 Å². The van der Waals surface area contributed by atoms with Crippen molar-refractivity contribution < 1.29 is 9.59 Å². The molecule has 0 spiro atoms. The summed E-state index contributed by atoms with van der Waals surface area (Å²) >= 11 is 0. The van der Waals surface area contributed by atoms with Gasteiger partial charge in [-0.25, -0.2) is 0 Å². The van der Waals surface area contributed by atoms with Crippen LogP contribution in [0.2, 0.25) is 0 Å². The topological polar surface area (TPSA) is 58.2 Å². The monoisotopic (exact) mass is 640 g/mol. The molecule has 0 saturated carbocycles. The molecule has 0 unspecified atom stereocenters. The van der Waals surface area contributed by atoms with E-state index >= 15 is 0 Å². The summed E-state index contributed by atoms with van der Waals surface area (Å²) in [6, 6.07) is 8.44. The zero-order valence-corrected chi connectivity index (χ0v) is 30.7. The Bertz CT molecular complexity index is 760. The van der Waals surface area contributed by atoms with Crippen molar-refractivity contribution in [3.8, 4) is 0 Å². The first-order valence-corrected chi connectivity index (χ1v) is 20.3. The number of anilines is 2. The Morgan fingerprint density at radius 3 is 0.913 bits per heavy atom. The van der Waals surface area contributed by atoms with E-state index in [1.807, 2.05) is 6.07 Å². The highest BCUT2D eigenvalue weighted by molar-refractivity contribution is 5.93. The summed E-state index contributed by atoms with van der Waals surface area (Å²) in [6.07, 6.45) is 40.8. The maximum Gasteiger partial charge on any atom is 0.224 e. The lowest BCUT2D eigenvalue weighted by Crippen LogP contribution is -2.13. The van der Waals surface area contributed by atoms with E-state index in [1.54, 1.807) is 12.1 Å². The Labute approximate surface area is 286 Å². The molecule has 0 atom stereocenters. The van der Waals surface area contributed by atoms with Crippen molar-refractivity contribution in [1.82, 2.24) is 0 Å². The molecule has 0 bridgehead atoms. The van der Waals surface area contributed by atoms with Gasteiger partial charge in [0, 0.05) is 24.2 Å². The Morgan fingerprint density at radius 1 is 0.413 bits per heavy atom. The molecule has 1 aromatic carbocycles. The number of benzene rings is 1. The molecule has 0 saturated heterocycles. The Hall–Kier alpha value is -1.84. The minimum atomic E-state index is 0.0457. The highest BCUT2D eigenvalue weighted by Crippen LogP contribution is 2.18. The number of amides is 2. The van der Waals surface area contributed by atoms with E-state index in [1.165, 1.54) is 167 Å². The molecular weight excluding hydrogens is 564 g/mol. The largest absolute Gasteiger partial charge is 0.326 e. The molecular formula is C42H75N2O2. The van der Waals surface area contributed by atoms with Crippen molar-refractivity contribution in [3.05, 3.63) is 24.3 Å². The number of hydrogen-bond acceptors (Lipinski definition) is 2. The van der Waals surface area contributed by atoms with Gasteiger partial charge in [0.2, 0.25) is 11.8 Å². The Kier molecular flexibility index (Phi) is 30.3. The van der Waals surface area contributed by atoms with Crippen molar-refractivity contribution in [2.45, 2.75) is 219 Å². The van der Waals surface area contributed by atoms with E-state index < -0.39 is 0 Å². The standard InChI is InChI=1S/C42H75N2O2/c1-3-5-7-9-11-13-15-17-19-21-23-25-27-29-31-36-41(45)43-39-34-33-35-40(38-39)44-42(46)37-32-30-28-26-24-22-20-18-16-14-12-10-8-6-4-2/h34-35,38H,3-32,36-37H2,1-2H3,(H,43,45)(H,44,46). The Morgan fingerprint density at radius 2 is 0.652 bits per heavy atom. The van der Waals surface area contributed by atoms with E-state index in [-0.39, 0.29) is 11.8 Å². The SMILES string of the molecule is CCCCCCCCCCCCCCCCCC(=O)Nc1c[c]cc(NC(=O)CCCCCCCCCCCCCCCCC)c1. The van der Waals surface area contributed by atoms with Crippen LogP contribution in [0.5, 0.6) is 0 Å². The van der Waals surface area contributed by atoms with Crippen molar-refractivity contribution in [1.29, 1.82) is 0 Å². The van der Waals surface area contributed by atoms with Crippen LogP contribution in [0.1, 0.15) is 219 Å². The van der Waals surface area contributed by atoms with Crippen molar-refractivity contribution in [2.24, 2.45) is 0 Å². The maximum absolute atomic E-state index is 12.4. The van der Waals surface area contributed by atoms with Gasteiger partial charge in [-0.1, -0.05) is 194 Å². The van der Waals surface area contributed by atoms with Crippen molar-refractivity contribution in [2.75, 3.05) is 10.6 Å². The molecule has 46 heavy (non-hydrogen) atoms. The van der Waals surface area contributed by atoms with E-state index in [0.717, 1.165) is 25.7 Å². The first kappa shape index (κ1) is 42.2. The third-order valence-corrected chi connectivity index (χ3v) is 9.37. The second-order valence-electron chi connectivity index (χ2n) is 14.0. The lowest BCUT2D eigenvalue weighted by atomic mass is 10.0. The molecule has 4 nitrogen and oxygen atoms in total. The Balaban J connectivity index is 1.96. The number of nitrogens with one attached hydrogen (secondary N) is 2. The predicted molar refractivity (Wildman–Crippen MR) is 202 cm³/mol. The first-order valence-electron chi connectivity index (χ1n) is 20.3. The predicted octanol–water partition coefficient (Wildman–Crippen LogP) is 13.9. The van der Waals surface area contributed by atoms with Gasteiger partial charge in [0.15, 0.2) is 0 Å². The summed E-state index contributed by atoms with van der Waals surface area (Å²) in [7, 11) is 0. The lowest BCUT2D eigenvalue weighted by molar-refractivity contribution is -0.117. The molecule has 1 radical (unpaired) electrons. The summed E-state index contributed by atoms with van der Waals surface area (Å²) < 4.78 is 0. The minimum absolute atomic E-state index is 0.0457. The lowest BCUT2D eigenvalue weighted by Gasteiger charge is -2.09. The van der Waals surface area contributed by atoms with Gasteiger partial charge in [0.05, 0.1) is 0 Å². The van der Waals surface area contributed by atoms with Crippen molar-refractivity contribution in [3.63, 3.8) is 0 Å². The molecule has 0 aliphatic carbocycles. The number of rotatable bonds is 34. The second kappa shape index (κ2) is 33.1. The van der Waals surface area contributed by atoms with Gasteiger partial charge >= 0.3 is 0 Å². The summed E-state index contributed by atoms with van der Waals surface area (Å²) in [5.74, 6) is 0.0914. The van der Waals surface area contributed by atoms with Gasteiger partial charge in [-0.3, -0.25) is 9.59 Å². The van der Waals surface area contributed by atoms with Gasteiger partial charge < -0.3 is 10.6 Å². The zero-order chi connectivity index (χ0) is 33.2. The molecule has 0 aromatic heterocycles. The van der Waals surface area contributed by atoms with Gasteiger partial charge in [-0.05, 0) is 37.1 Å². The van der Waals surface area contributed by atoms with Crippen LogP contribution in [-0.2, 0) is 9.59 Å². The van der Waals surface area contributed by atoms with Gasteiger partial charge in [-0.15, -0.1) is 0 Å². The maximum atomic E-state index is 12.4. The summed E-state index contributed by atoms with van der Waals surface area (Å²) in [5, 5.41) is 5.97. The fourth-order valence-electron chi connectivity index (χ4n) is 6.38. The van der Waals surface area contributed by atoms with Crippen LogP contribution in [0.15, 0.2) is 18.2 Å². The third-order valence-electron chi connectivity index (χ3n) is 9.37. The normalized spacial score (nSPS) is 11.2. The molecule has 2 amide bonds. The molecule has 1 aromatic rings. The van der Waals surface area contributed by atoms with Gasteiger partial charge in [0.1, 0.15) is 0 Å². The zero-order valence-electron chi connectivity index (χ0n) is 30.7. The molecule has 0 fully saturated rings. The number of carbonyl (C=O) groups is 2. The van der Waals surface area contributed by atoms with E-state index in [4.69, 9.17) is 0 Å². The molecule has 0 aliphatic heterocycles. The van der Waals surface area contributed by atoms with Crippen LogP contribution < -0.4 is 10.6 Å². The van der Waals surface area contributed by atoms with Crippen LogP contribution >= 0.6 is 0 Å². The summed E-state index contributed by atoms with van der Waals surface area (Å²) in [4.78, 5) is 24.9. The highest BCUT2D eigenvalue weighted by atomic mass is 16.2. The number of carbonyl (C=O) groups excluding carboxylic acids is 2. The fourth-order valence-corrected chi connectivity index (χ4v) is 6.38. The van der Waals surface area contributed by atoms with Crippen LogP contribution in [-0.4, -0.2) is 11.8 Å². The molecule has 0 heterocycles. The van der Waals surface area contributed by atoms with Crippen LogP contribution in [0.25, 0.3) is 0 Å². The quantitative estimate of drug-likeness (QED) is 0.0737. The summed E-state index contributed by atoms with van der Waals surface area (Å²) in [6.45, 7) is 4.56. The molecule has 1 rings (SSSR count). The van der Waals surface area contributed by atoms with Crippen LogP contribution in [0.3, 0.4) is 0 Å². The van der Waals surface area contributed by atoms with Gasteiger partial charge in [-0.2, -0.15) is 0 Å². The minimum Gasteiger partial charge on any atom is -0.326 e. The fraction of sp³-hybridized carbons (Fsp3) is 0.810. The molecule has 4 heteroatoms. The van der Waals surface area contributed by atoms with Crippen LogP contribution in [0.4, 0.5) is 11.4 Å². The van der Waals surface area contributed by atoms with E-state index in [0.29, 0.717) is 24.2 Å². The number of hydrogen-bond donors (Lipinski definition) is 2. The highest BCUT2D eigenvalue weighted by Gasteiger charge is 2.06. The average Bonchev–Trinajstić information content (AvgIpc) is 3.05. The molecule has 2 N–H and O–H groups in total. The third kappa shape index (κ3) is 28.4.